The average molecular weight is 234 g/mol. The molecule has 0 aliphatic heterocycles. The molecule has 2 heteroatoms. The highest BCUT2D eigenvalue weighted by Gasteiger charge is 2.12. The molecule has 1 unspecified atom stereocenters. The van der Waals surface area contributed by atoms with Crippen LogP contribution in [0.25, 0.3) is 0 Å². The van der Waals surface area contributed by atoms with Gasteiger partial charge in [-0.2, -0.15) is 0 Å². The van der Waals surface area contributed by atoms with Crippen molar-refractivity contribution in [1.82, 2.24) is 4.90 Å². The maximum atomic E-state index is 5.70. The first-order valence-electron chi connectivity index (χ1n) is 6.58. The van der Waals surface area contributed by atoms with E-state index in [1.165, 1.54) is 23.1 Å². The van der Waals surface area contributed by atoms with Crippen molar-refractivity contribution in [3.05, 3.63) is 34.9 Å². The maximum absolute atomic E-state index is 5.70. The van der Waals surface area contributed by atoms with E-state index in [9.17, 15) is 0 Å². The minimum atomic E-state index is 0.597. The molecule has 0 bridgehead atoms. The fraction of sp³-hybridized carbons (Fsp3) is 0.600. The number of hydrogen-bond acceptors (Lipinski definition) is 2. The van der Waals surface area contributed by atoms with E-state index in [4.69, 9.17) is 5.73 Å². The van der Waals surface area contributed by atoms with Gasteiger partial charge in [-0.3, -0.25) is 4.90 Å². The SMILES string of the molecule is CCC(C)N(CCN)Cc1ccc(C)cc1C. The summed E-state index contributed by atoms with van der Waals surface area (Å²) in [6.45, 7) is 11.6. The second-order valence-electron chi connectivity index (χ2n) is 4.95. The van der Waals surface area contributed by atoms with Gasteiger partial charge in [-0.15, -0.1) is 0 Å². The van der Waals surface area contributed by atoms with Crippen molar-refractivity contribution in [2.75, 3.05) is 13.1 Å². The molecule has 0 radical (unpaired) electrons. The minimum Gasteiger partial charge on any atom is -0.329 e. The summed E-state index contributed by atoms with van der Waals surface area (Å²) in [6.07, 6.45) is 1.17. The monoisotopic (exact) mass is 234 g/mol. The first kappa shape index (κ1) is 14.2. The Hall–Kier alpha value is -0.860. The van der Waals surface area contributed by atoms with E-state index in [0.717, 1.165) is 19.6 Å². The van der Waals surface area contributed by atoms with Gasteiger partial charge < -0.3 is 5.73 Å². The lowest BCUT2D eigenvalue weighted by atomic mass is 10.0. The van der Waals surface area contributed by atoms with Crippen LogP contribution in [0.5, 0.6) is 0 Å². The lowest BCUT2D eigenvalue weighted by molar-refractivity contribution is 0.200. The zero-order chi connectivity index (χ0) is 12.8. The number of nitrogens with two attached hydrogens (primary N) is 1. The summed E-state index contributed by atoms with van der Waals surface area (Å²) in [5, 5.41) is 0. The van der Waals surface area contributed by atoms with Crippen LogP contribution in [0.2, 0.25) is 0 Å². The summed E-state index contributed by atoms with van der Waals surface area (Å²) >= 11 is 0. The van der Waals surface area contributed by atoms with Crippen molar-refractivity contribution in [3.63, 3.8) is 0 Å². The quantitative estimate of drug-likeness (QED) is 0.820. The molecule has 0 spiro atoms. The molecule has 2 nitrogen and oxygen atoms in total. The maximum Gasteiger partial charge on any atom is 0.0239 e. The molecule has 1 rings (SSSR count). The second-order valence-corrected chi connectivity index (χ2v) is 4.95. The van der Waals surface area contributed by atoms with Crippen LogP contribution in [0.3, 0.4) is 0 Å². The van der Waals surface area contributed by atoms with Gasteiger partial charge in [0.1, 0.15) is 0 Å². The van der Waals surface area contributed by atoms with Gasteiger partial charge >= 0.3 is 0 Å². The van der Waals surface area contributed by atoms with Crippen LogP contribution in [0.15, 0.2) is 18.2 Å². The van der Waals surface area contributed by atoms with Gasteiger partial charge in [-0.25, -0.2) is 0 Å². The van der Waals surface area contributed by atoms with Gasteiger partial charge in [0.25, 0.3) is 0 Å². The molecule has 0 aliphatic rings. The molecule has 0 saturated carbocycles. The van der Waals surface area contributed by atoms with E-state index in [1.54, 1.807) is 0 Å². The molecule has 96 valence electrons. The smallest absolute Gasteiger partial charge is 0.0239 e. The van der Waals surface area contributed by atoms with Crippen LogP contribution in [-0.2, 0) is 6.54 Å². The first-order chi connectivity index (χ1) is 8.08. The normalized spacial score (nSPS) is 13.1. The molecule has 1 aromatic rings. The molecule has 0 amide bonds. The van der Waals surface area contributed by atoms with E-state index in [-0.39, 0.29) is 0 Å². The van der Waals surface area contributed by atoms with Gasteiger partial charge in [0.2, 0.25) is 0 Å². The van der Waals surface area contributed by atoms with E-state index in [0.29, 0.717) is 6.04 Å². The van der Waals surface area contributed by atoms with Crippen LogP contribution < -0.4 is 5.73 Å². The zero-order valence-corrected chi connectivity index (χ0v) is 11.7. The third-order valence-electron chi connectivity index (χ3n) is 3.50. The van der Waals surface area contributed by atoms with E-state index < -0.39 is 0 Å². The van der Waals surface area contributed by atoms with Crippen molar-refractivity contribution in [2.45, 2.75) is 46.7 Å². The Morgan fingerprint density at radius 3 is 2.53 bits per heavy atom. The van der Waals surface area contributed by atoms with E-state index >= 15 is 0 Å². The molecule has 2 N–H and O–H groups in total. The van der Waals surface area contributed by atoms with Crippen molar-refractivity contribution >= 4 is 0 Å². The number of hydrogen-bond donors (Lipinski definition) is 1. The summed E-state index contributed by atoms with van der Waals surface area (Å²) < 4.78 is 0. The fourth-order valence-corrected chi connectivity index (χ4v) is 2.12. The Bertz CT molecular complexity index is 347. The Balaban J connectivity index is 2.78. The molecule has 17 heavy (non-hydrogen) atoms. The van der Waals surface area contributed by atoms with Crippen molar-refractivity contribution in [1.29, 1.82) is 0 Å². The largest absolute Gasteiger partial charge is 0.329 e. The van der Waals surface area contributed by atoms with Crippen LogP contribution in [0.1, 0.15) is 37.0 Å². The highest BCUT2D eigenvalue weighted by molar-refractivity contribution is 5.30. The molecule has 1 atom stereocenters. The third-order valence-corrected chi connectivity index (χ3v) is 3.50. The Morgan fingerprint density at radius 2 is 2.00 bits per heavy atom. The van der Waals surface area contributed by atoms with Crippen molar-refractivity contribution < 1.29 is 0 Å². The zero-order valence-electron chi connectivity index (χ0n) is 11.7. The molecule has 0 heterocycles. The van der Waals surface area contributed by atoms with Crippen molar-refractivity contribution in [3.8, 4) is 0 Å². The summed E-state index contributed by atoms with van der Waals surface area (Å²) in [6, 6.07) is 7.29. The van der Waals surface area contributed by atoms with Crippen molar-refractivity contribution in [2.24, 2.45) is 5.73 Å². The van der Waals surface area contributed by atoms with Gasteiger partial charge in [-0.1, -0.05) is 30.7 Å². The number of aryl methyl sites for hydroxylation is 2. The molecular formula is C15H26N2. The Labute approximate surface area is 106 Å². The molecular weight excluding hydrogens is 208 g/mol. The second kappa shape index (κ2) is 6.77. The predicted molar refractivity (Wildman–Crippen MR) is 75.1 cm³/mol. The van der Waals surface area contributed by atoms with Crippen LogP contribution in [-0.4, -0.2) is 24.0 Å². The summed E-state index contributed by atoms with van der Waals surface area (Å²) in [5.74, 6) is 0. The Kier molecular flexibility index (Phi) is 5.66. The highest BCUT2D eigenvalue weighted by Crippen LogP contribution is 2.15. The van der Waals surface area contributed by atoms with Gasteiger partial charge in [0.15, 0.2) is 0 Å². The summed E-state index contributed by atoms with van der Waals surface area (Å²) in [7, 11) is 0. The third kappa shape index (κ3) is 4.14. The molecule has 1 aromatic carbocycles. The molecule has 0 saturated heterocycles. The highest BCUT2D eigenvalue weighted by atomic mass is 15.2. The van der Waals surface area contributed by atoms with E-state index in [1.807, 2.05) is 0 Å². The number of benzene rings is 1. The lowest BCUT2D eigenvalue weighted by Gasteiger charge is -2.28. The molecule has 0 aromatic heterocycles. The number of nitrogens with zero attached hydrogens (tertiary/aromatic N) is 1. The number of rotatable bonds is 6. The minimum absolute atomic E-state index is 0.597. The van der Waals surface area contributed by atoms with Gasteiger partial charge in [0, 0.05) is 25.7 Å². The summed E-state index contributed by atoms with van der Waals surface area (Å²) in [4.78, 5) is 2.47. The topological polar surface area (TPSA) is 29.3 Å². The first-order valence-corrected chi connectivity index (χ1v) is 6.58. The molecule has 0 fully saturated rings. The van der Waals surface area contributed by atoms with Crippen LogP contribution >= 0.6 is 0 Å². The predicted octanol–water partition coefficient (Wildman–Crippen LogP) is 2.86. The Morgan fingerprint density at radius 1 is 1.29 bits per heavy atom. The lowest BCUT2D eigenvalue weighted by Crippen LogP contribution is -2.36. The fourth-order valence-electron chi connectivity index (χ4n) is 2.12. The standard InChI is InChI=1S/C15H26N2/c1-5-14(4)17(9-8-16)11-15-7-6-12(2)10-13(15)3/h6-7,10,14H,5,8-9,11,16H2,1-4H3. The van der Waals surface area contributed by atoms with Crippen LogP contribution in [0.4, 0.5) is 0 Å². The van der Waals surface area contributed by atoms with Gasteiger partial charge in [-0.05, 0) is 38.3 Å². The molecule has 0 aliphatic carbocycles. The van der Waals surface area contributed by atoms with Gasteiger partial charge in [0.05, 0.1) is 0 Å². The van der Waals surface area contributed by atoms with Crippen LogP contribution in [0, 0.1) is 13.8 Å². The average Bonchev–Trinajstić information content (AvgIpc) is 2.30. The van der Waals surface area contributed by atoms with E-state index in [2.05, 4.69) is 50.8 Å². The summed E-state index contributed by atoms with van der Waals surface area (Å²) in [5.41, 5.74) is 9.83.